The summed E-state index contributed by atoms with van der Waals surface area (Å²) in [5, 5.41) is 9.99. The molecule has 0 N–H and O–H groups in total. The van der Waals surface area contributed by atoms with Crippen LogP contribution in [0.5, 0.6) is 0 Å². The molecule has 1 nitrogen and oxygen atoms in total. The Bertz CT molecular complexity index is 3120. The van der Waals surface area contributed by atoms with Crippen LogP contribution < -0.4 is 0 Å². The maximum Gasteiger partial charge on any atom is 0.143 e. The molecule has 0 unspecified atom stereocenters. The van der Waals surface area contributed by atoms with Crippen molar-refractivity contribution in [1.29, 1.82) is 0 Å². The van der Waals surface area contributed by atoms with Gasteiger partial charge in [0.15, 0.2) is 0 Å². The van der Waals surface area contributed by atoms with E-state index >= 15 is 0 Å². The molecule has 0 aliphatic heterocycles. The van der Waals surface area contributed by atoms with Crippen molar-refractivity contribution in [2.45, 2.75) is 0 Å². The first-order valence-corrected chi connectivity index (χ1v) is 18.6. The van der Waals surface area contributed by atoms with E-state index in [1.807, 2.05) is 23.5 Å². The molecule has 0 spiro atoms. The lowest BCUT2D eigenvalue weighted by atomic mass is 9.85. The molecule has 2 heterocycles. The quantitative estimate of drug-likeness (QED) is 0.169. The van der Waals surface area contributed by atoms with Crippen LogP contribution in [0.2, 0.25) is 0 Å². The maximum absolute atomic E-state index is 6.47. The molecule has 2 aromatic heterocycles. The molecule has 0 saturated heterocycles. The van der Waals surface area contributed by atoms with Crippen LogP contribution in [0, 0.1) is 0 Å². The highest BCUT2D eigenvalue weighted by atomic mass is 32.1. The number of hydrogen-bond donors (Lipinski definition) is 0. The minimum Gasteiger partial charge on any atom is -0.455 e. The largest absolute Gasteiger partial charge is 0.455 e. The molecule has 11 rings (SSSR count). The minimum absolute atomic E-state index is 0.915. The molecule has 0 amide bonds. The van der Waals surface area contributed by atoms with Crippen LogP contribution in [0.1, 0.15) is 0 Å². The fourth-order valence-electron chi connectivity index (χ4n) is 8.38. The van der Waals surface area contributed by atoms with Crippen molar-refractivity contribution in [2.24, 2.45) is 0 Å². The van der Waals surface area contributed by atoms with E-state index in [9.17, 15) is 0 Å². The predicted octanol–water partition coefficient (Wildman–Crippen LogP) is 14.9. The van der Waals surface area contributed by atoms with E-state index in [2.05, 4.69) is 170 Å². The smallest absolute Gasteiger partial charge is 0.143 e. The Balaban J connectivity index is 1.07. The van der Waals surface area contributed by atoms with Crippen molar-refractivity contribution < 1.29 is 4.42 Å². The maximum atomic E-state index is 6.47. The Morgan fingerprint density at radius 3 is 1.54 bits per heavy atom. The van der Waals surface area contributed by atoms with E-state index in [1.165, 1.54) is 75.1 Å². The van der Waals surface area contributed by atoms with E-state index in [-0.39, 0.29) is 0 Å². The average Bonchev–Trinajstić information content (AvgIpc) is 3.78. The summed E-state index contributed by atoms with van der Waals surface area (Å²) in [6.07, 6.45) is 0. The number of rotatable bonds is 4. The first kappa shape index (κ1) is 29.3. The number of fused-ring (bicyclic) bond motifs is 8. The van der Waals surface area contributed by atoms with Gasteiger partial charge in [-0.05, 0) is 84.8 Å². The summed E-state index contributed by atoms with van der Waals surface area (Å²) in [4.78, 5) is 0. The summed E-state index contributed by atoms with van der Waals surface area (Å²) >= 11 is 1.87. The Morgan fingerprint density at radius 2 is 0.808 bits per heavy atom. The zero-order valence-electron chi connectivity index (χ0n) is 28.1. The Kier molecular flexibility index (Phi) is 6.49. The second kappa shape index (κ2) is 11.5. The molecule has 0 bridgehead atoms. The molecule has 0 aliphatic carbocycles. The molecular formula is C50H30OS. The van der Waals surface area contributed by atoms with Gasteiger partial charge in [0.1, 0.15) is 11.2 Å². The van der Waals surface area contributed by atoms with Gasteiger partial charge in [0.05, 0.1) is 0 Å². The highest BCUT2D eigenvalue weighted by molar-refractivity contribution is 7.25. The predicted molar refractivity (Wildman–Crippen MR) is 223 cm³/mol. The van der Waals surface area contributed by atoms with E-state index in [4.69, 9.17) is 4.42 Å². The minimum atomic E-state index is 0.915. The van der Waals surface area contributed by atoms with Gasteiger partial charge in [-0.25, -0.2) is 0 Å². The zero-order valence-corrected chi connectivity index (χ0v) is 29.0. The van der Waals surface area contributed by atoms with Crippen LogP contribution in [0.3, 0.4) is 0 Å². The molecule has 52 heavy (non-hydrogen) atoms. The number of para-hydroxylation sites is 2. The number of thiophene rings is 1. The molecule has 0 aliphatic rings. The third-order valence-electron chi connectivity index (χ3n) is 10.7. The molecule has 11 aromatic rings. The topological polar surface area (TPSA) is 13.1 Å². The Morgan fingerprint density at radius 1 is 0.308 bits per heavy atom. The fraction of sp³-hybridized carbons (Fsp3) is 0. The summed E-state index contributed by atoms with van der Waals surface area (Å²) in [5.41, 5.74) is 11.5. The van der Waals surface area contributed by atoms with Gasteiger partial charge in [0, 0.05) is 36.5 Å². The zero-order chi connectivity index (χ0) is 34.2. The second-order valence-corrected chi connectivity index (χ2v) is 14.6. The lowest BCUT2D eigenvalue weighted by molar-refractivity contribution is 0.670. The lowest BCUT2D eigenvalue weighted by Crippen LogP contribution is -1.91. The molecule has 0 saturated carbocycles. The fourth-order valence-corrected chi connectivity index (χ4v) is 9.46. The summed E-state index contributed by atoms with van der Waals surface area (Å²) in [7, 11) is 0. The van der Waals surface area contributed by atoms with Crippen molar-refractivity contribution >= 4 is 75.0 Å². The Labute approximate surface area is 304 Å². The van der Waals surface area contributed by atoms with Gasteiger partial charge < -0.3 is 4.42 Å². The van der Waals surface area contributed by atoms with E-state index in [1.54, 1.807) is 0 Å². The van der Waals surface area contributed by atoms with Crippen molar-refractivity contribution in [1.82, 2.24) is 0 Å². The van der Waals surface area contributed by atoms with Gasteiger partial charge in [-0.1, -0.05) is 158 Å². The van der Waals surface area contributed by atoms with Crippen LogP contribution in [0.4, 0.5) is 0 Å². The Hall–Kier alpha value is -6.48. The van der Waals surface area contributed by atoms with Crippen molar-refractivity contribution in [3.63, 3.8) is 0 Å². The molecule has 2 heteroatoms. The molecule has 0 radical (unpaired) electrons. The van der Waals surface area contributed by atoms with Gasteiger partial charge in [-0.15, -0.1) is 11.3 Å². The van der Waals surface area contributed by atoms with Crippen LogP contribution in [-0.4, -0.2) is 0 Å². The van der Waals surface area contributed by atoms with Crippen LogP contribution in [0.15, 0.2) is 186 Å². The van der Waals surface area contributed by atoms with Gasteiger partial charge in [0.2, 0.25) is 0 Å². The first-order valence-electron chi connectivity index (χ1n) is 17.8. The highest BCUT2D eigenvalue weighted by Crippen LogP contribution is 2.46. The summed E-state index contributed by atoms with van der Waals surface area (Å²) in [6, 6.07) is 66.2. The van der Waals surface area contributed by atoms with Gasteiger partial charge in [-0.2, -0.15) is 0 Å². The monoisotopic (exact) mass is 678 g/mol. The third-order valence-corrected chi connectivity index (χ3v) is 11.9. The van der Waals surface area contributed by atoms with Gasteiger partial charge >= 0.3 is 0 Å². The van der Waals surface area contributed by atoms with Crippen LogP contribution in [-0.2, 0) is 0 Å². The van der Waals surface area contributed by atoms with Crippen LogP contribution >= 0.6 is 11.3 Å². The molecular weight excluding hydrogens is 649 g/mol. The van der Waals surface area contributed by atoms with Crippen molar-refractivity contribution in [3.05, 3.63) is 182 Å². The van der Waals surface area contributed by atoms with Crippen molar-refractivity contribution in [2.75, 3.05) is 0 Å². The molecule has 242 valence electrons. The summed E-state index contributed by atoms with van der Waals surface area (Å²) < 4.78 is 9.12. The lowest BCUT2D eigenvalue weighted by Gasteiger charge is -2.18. The normalized spacial score (nSPS) is 11.8. The standard InChI is InChI=1S/C50H30OS/c1-2-13-35(42-20-11-21-43-36-14-7-9-22-45(36)51-50(42)43)34(12-1)31-24-26-32(27-25-31)48-38-16-3-5-18-40(38)49(41-19-6-4-17-39(41)48)33-28-29-47-44(30-33)37-15-8-10-23-46(37)52-47/h1-30H. The summed E-state index contributed by atoms with van der Waals surface area (Å²) in [5.74, 6) is 0. The first-order chi connectivity index (χ1) is 25.8. The van der Waals surface area contributed by atoms with Gasteiger partial charge in [0.25, 0.3) is 0 Å². The molecule has 0 atom stereocenters. The van der Waals surface area contributed by atoms with E-state index in [0.717, 1.165) is 33.1 Å². The van der Waals surface area contributed by atoms with E-state index < -0.39 is 0 Å². The van der Waals surface area contributed by atoms with Gasteiger partial charge in [-0.3, -0.25) is 0 Å². The number of hydrogen-bond acceptors (Lipinski definition) is 2. The second-order valence-electron chi connectivity index (χ2n) is 13.6. The van der Waals surface area contributed by atoms with Crippen LogP contribution in [0.25, 0.3) is 108 Å². The highest BCUT2D eigenvalue weighted by Gasteiger charge is 2.19. The molecule has 0 fully saturated rings. The summed E-state index contributed by atoms with van der Waals surface area (Å²) in [6.45, 7) is 0. The van der Waals surface area contributed by atoms with E-state index in [0.29, 0.717) is 0 Å². The van der Waals surface area contributed by atoms with Crippen molar-refractivity contribution in [3.8, 4) is 44.5 Å². The molecule has 9 aromatic carbocycles. The SMILES string of the molecule is c1ccc(-c2cccc3c2oc2ccccc23)c(-c2ccc(-c3c4ccccc4c(-c4ccc5sc6ccccc6c5c4)c4ccccc34)cc2)c1. The number of benzene rings is 9. The number of furan rings is 1. The third kappa shape index (κ3) is 4.41. The average molecular weight is 679 g/mol.